The van der Waals surface area contributed by atoms with Crippen LogP contribution in [0.25, 0.3) is 22.2 Å². The first-order valence-corrected chi connectivity index (χ1v) is 18.9. The van der Waals surface area contributed by atoms with Crippen LogP contribution in [-0.4, -0.2) is 87.0 Å². The Morgan fingerprint density at radius 3 is 2.08 bits per heavy atom. The van der Waals surface area contributed by atoms with E-state index in [4.69, 9.17) is 24.3 Å². The summed E-state index contributed by atoms with van der Waals surface area (Å²) in [6, 6.07) is 30.7. The molecule has 5 aromatic rings. The fourth-order valence-corrected chi connectivity index (χ4v) is 7.37. The van der Waals surface area contributed by atoms with Gasteiger partial charge in [-0.2, -0.15) is 10.1 Å². The number of rotatable bonds is 11. The van der Waals surface area contributed by atoms with Gasteiger partial charge in [-0.3, -0.25) is 14.5 Å². The average Bonchev–Trinajstić information content (AvgIpc) is 3.51. The molecule has 0 bridgehead atoms. The minimum absolute atomic E-state index is 0.198. The van der Waals surface area contributed by atoms with E-state index in [2.05, 4.69) is 40.1 Å². The number of nitrogens with zero attached hydrogens (tertiary/aromatic N) is 6. The molecule has 1 amide bonds. The van der Waals surface area contributed by atoms with E-state index < -0.39 is 5.60 Å². The van der Waals surface area contributed by atoms with E-state index in [0.29, 0.717) is 30.9 Å². The minimum atomic E-state index is -0.462. The van der Waals surface area contributed by atoms with Crippen LogP contribution < -0.4 is 9.47 Å². The average molecular weight is 717 g/mol. The highest BCUT2D eigenvalue weighted by Crippen LogP contribution is 2.36. The molecule has 0 unspecified atom stereocenters. The number of hydrogen-bond acceptors (Lipinski definition) is 8. The number of piperidine rings is 1. The molecule has 3 aromatic carbocycles. The van der Waals surface area contributed by atoms with Crippen molar-refractivity contribution < 1.29 is 19.0 Å². The predicted molar refractivity (Wildman–Crippen MR) is 208 cm³/mol. The van der Waals surface area contributed by atoms with Crippen molar-refractivity contribution in [2.24, 2.45) is 13.0 Å². The lowest BCUT2D eigenvalue weighted by molar-refractivity contribution is 0.0122. The Balaban J connectivity index is 1.01. The maximum atomic E-state index is 12.5. The van der Waals surface area contributed by atoms with Crippen molar-refractivity contribution in [3.05, 3.63) is 108 Å². The monoisotopic (exact) mass is 716 g/mol. The molecule has 0 N–H and O–H groups in total. The van der Waals surface area contributed by atoms with Gasteiger partial charge in [0.1, 0.15) is 24.5 Å². The van der Waals surface area contributed by atoms with Crippen molar-refractivity contribution in [3.8, 4) is 23.0 Å². The molecule has 0 saturated carbocycles. The molecular formula is C43H52N6O4. The summed E-state index contributed by atoms with van der Waals surface area (Å²) in [6.45, 7) is 13.9. The third-order valence-corrected chi connectivity index (χ3v) is 10.1. The predicted octanol–water partition coefficient (Wildman–Crippen LogP) is 7.56. The molecule has 2 aromatic heterocycles. The number of benzene rings is 3. The zero-order chi connectivity index (χ0) is 36.8. The van der Waals surface area contributed by atoms with Crippen LogP contribution in [0.4, 0.5) is 4.79 Å². The number of piperazine rings is 1. The molecular weight excluding hydrogens is 665 g/mol. The first-order chi connectivity index (χ1) is 25.7. The van der Waals surface area contributed by atoms with Gasteiger partial charge < -0.3 is 19.1 Å². The van der Waals surface area contributed by atoms with Gasteiger partial charge in [0.2, 0.25) is 11.8 Å². The number of carbonyl (C=O) groups is 1. The minimum Gasteiger partial charge on any atom is -0.473 e. The fourth-order valence-electron chi connectivity index (χ4n) is 7.37. The van der Waals surface area contributed by atoms with Crippen LogP contribution in [0.1, 0.15) is 50.3 Å². The molecule has 2 saturated heterocycles. The van der Waals surface area contributed by atoms with E-state index in [1.165, 1.54) is 18.4 Å². The highest BCUT2D eigenvalue weighted by atomic mass is 16.6. The van der Waals surface area contributed by atoms with Crippen LogP contribution in [0.15, 0.2) is 91.0 Å². The zero-order valence-electron chi connectivity index (χ0n) is 31.5. The fraction of sp³-hybridized carbons (Fsp3) is 0.419. The van der Waals surface area contributed by atoms with Crippen molar-refractivity contribution in [2.75, 3.05) is 45.8 Å². The molecule has 2 aliphatic rings. The number of fused-ring (bicyclic) bond motifs is 1. The molecule has 0 aliphatic carbocycles. The van der Waals surface area contributed by atoms with E-state index >= 15 is 0 Å². The summed E-state index contributed by atoms with van der Waals surface area (Å²) >= 11 is 0. The maximum absolute atomic E-state index is 12.5. The van der Waals surface area contributed by atoms with E-state index in [1.807, 2.05) is 98.1 Å². The molecule has 4 heterocycles. The van der Waals surface area contributed by atoms with Gasteiger partial charge in [0, 0.05) is 57.8 Å². The zero-order valence-corrected chi connectivity index (χ0v) is 31.5. The Hall–Kier alpha value is -4.93. The van der Waals surface area contributed by atoms with Gasteiger partial charge >= 0.3 is 6.09 Å². The normalized spacial score (nSPS) is 16.2. The third kappa shape index (κ3) is 9.36. The van der Waals surface area contributed by atoms with E-state index in [-0.39, 0.29) is 6.09 Å². The highest BCUT2D eigenvalue weighted by molar-refractivity contribution is 5.96. The number of amides is 1. The second-order valence-electron chi connectivity index (χ2n) is 15.3. The number of para-hydroxylation sites is 1. The summed E-state index contributed by atoms with van der Waals surface area (Å²) in [6.07, 6.45) is 2.15. The third-order valence-electron chi connectivity index (χ3n) is 10.1. The van der Waals surface area contributed by atoms with Gasteiger partial charge in [0.15, 0.2) is 0 Å². The van der Waals surface area contributed by atoms with Crippen LogP contribution >= 0.6 is 0 Å². The number of aromatic nitrogens is 3. The van der Waals surface area contributed by atoms with Crippen LogP contribution in [0.3, 0.4) is 0 Å². The van der Waals surface area contributed by atoms with Crippen molar-refractivity contribution in [2.45, 2.75) is 59.0 Å². The Bertz CT molecular complexity index is 1960. The lowest BCUT2D eigenvalue weighted by Crippen LogP contribution is -2.51. The number of aryl methyl sites for hydroxylation is 1. The lowest BCUT2D eigenvalue weighted by Gasteiger charge is -2.39. The molecule has 10 heteroatoms. The van der Waals surface area contributed by atoms with Crippen LogP contribution in [0.2, 0.25) is 0 Å². The number of likely N-dealkylation sites (tertiary alicyclic amines) is 1. The first kappa shape index (κ1) is 36.4. The first-order valence-electron chi connectivity index (χ1n) is 18.9. The molecule has 7 rings (SSSR count). The van der Waals surface area contributed by atoms with Gasteiger partial charge in [-0.05, 0) is 75.4 Å². The molecule has 278 valence electrons. The number of pyridine rings is 1. The summed E-state index contributed by atoms with van der Waals surface area (Å²) < 4.78 is 20.1. The van der Waals surface area contributed by atoms with Crippen LogP contribution in [0, 0.1) is 5.92 Å². The maximum Gasteiger partial charge on any atom is 0.410 e. The van der Waals surface area contributed by atoms with Crippen molar-refractivity contribution in [1.82, 2.24) is 29.5 Å². The molecule has 2 aliphatic heterocycles. The van der Waals surface area contributed by atoms with E-state index in [0.717, 1.165) is 85.6 Å². The topological polar surface area (TPSA) is 85.2 Å². The second kappa shape index (κ2) is 16.4. The van der Waals surface area contributed by atoms with Crippen molar-refractivity contribution >= 4 is 17.0 Å². The molecule has 0 spiro atoms. The number of carbonyl (C=O) groups excluding carboxylic acids is 1. The van der Waals surface area contributed by atoms with Gasteiger partial charge in [-0.15, -0.1) is 0 Å². The summed E-state index contributed by atoms with van der Waals surface area (Å²) in [5.41, 5.74) is 5.76. The van der Waals surface area contributed by atoms with Crippen LogP contribution in [-0.2, 0) is 31.5 Å². The molecule has 0 radical (unpaired) electrons. The van der Waals surface area contributed by atoms with Gasteiger partial charge in [0.25, 0.3) is 0 Å². The second-order valence-corrected chi connectivity index (χ2v) is 15.3. The summed E-state index contributed by atoms with van der Waals surface area (Å²) in [5.74, 6) is 1.67. The lowest BCUT2D eigenvalue weighted by atomic mass is 9.95. The summed E-state index contributed by atoms with van der Waals surface area (Å²) in [5, 5.41) is 6.14. The Morgan fingerprint density at radius 2 is 1.42 bits per heavy atom. The van der Waals surface area contributed by atoms with Gasteiger partial charge in [-0.1, -0.05) is 78.9 Å². The molecule has 53 heavy (non-hydrogen) atoms. The van der Waals surface area contributed by atoms with Crippen molar-refractivity contribution in [3.63, 3.8) is 0 Å². The van der Waals surface area contributed by atoms with E-state index in [9.17, 15) is 4.79 Å². The molecule has 10 nitrogen and oxygen atoms in total. The summed E-state index contributed by atoms with van der Waals surface area (Å²) in [7, 11) is 2.03. The number of hydrogen-bond donors (Lipinski definition) is 0. The van der Waals surface area contributed by atoms with Crippen molar-refractivity contribution in [1.29, 1.82) is 0 Å². The molecule has 2 fully saturated rings. The van der Waals surface area contributed by atoms with E-state index in [1.54, 1.807) is 0 Å². The smallest absolute Gasteiger partial charge is 0.410 e. The van der Waals surface area contributed by atoms with Crippen LogP contribution in [0.5, 0.6) is 11.8 Å². The Kier molecular flexibility index (Phi) is 11.3. The number of ether oxygens (including phenoxy) is 3. The highest BCUT2D eigenvalue weighted by Gasteiger charge is 2.28. The quantitative estimate of drug-likeness (QED) is 0.139. The van der Waals surface area contributed by atoms with Gasteiger partial charge in [0.05, 0.1) is 11.1 Å². The Labute approximate surface area is 313 Å². The Morgan fingerprint density at radius 1 is 0.755 bits per heavy atom. The SMILES string of the molecule is Cn1nc(-c2ccc(OCc3ccccc3)nc2OCc2ccccc2)c2cccc(CN3CCC(CN4CCN(C(=O)OC(C)(C)C)CC4)CC3)c21. The van der Waals surface area contributed by atoms with Gasteiger partial charge in [-0.25, -0.2) is 4.79 Å². The molecule has 0 atom stereocenters. The standard InChI is InChI=1S/C43H52N6O4/c1-43(2,3)53-42(50)49-26-24-48(25-27-49)28-32-20-22-47(23-21-32)29-35-16-11-17-36-39(45-46(4)40(35)36)37-18-19-38(51-30-33-12-7-5-8-13-33)44-41(37)52-31-34-14-9-6-10-15-34/h5-19,32H,20-31H2,1-4H3. The summed E-state index contributed by atoms with van der Waals surface area (Å²) in [4.78, 5) is 24.3. The largest absolute Gasteiger partial charge is 0.473 e.